The average molecular weight is 339 g/mol. The molecule has 0 unspecified atom stereocenters. The van der Waals surface area contributed by atoms with E-state index in [2.05, 4.69) is 19.2 Å². The van der Waals surface area contributed by atoms with Crippen LogP contribution < -0.4 is 5.32 Å². The number of benzene rings is 1. The van der Waals surface area contributed by atoms with Crippen LogP contribution in [0, 0.1) is 5.41 Å². The number of ether oxygens (including phenoxy) is 1. The van der Waals surface area contributed by atoms with Gasteiger partial charge < -0.3 is 10.1 Å². The topological polar surface area (TPSA) is 55.4 Å². The Morgan fingerprint density at radius 2 is 1.92 bits per heavy atom. The van der Waals surface area contributed by atoms with Gasteiger partial charge in [0.15, 0.2) is 5.78 Å². The summed E-state index contributed by atoms with van der Waals surface area (Å²) < 4.78 is 5.29. The molecule has 2 aliphatic rings. The lowest BCUT2D eigenvalue weighted by atomic mass is 9.68. The van der Waals surface area contributed by atoms with E-state index in [0.717, 1.165) is 29.0 Å². The number of hydrogen-bond donors (Lipinski definition) is 1. The molecule has 1 aliphatic heterocycles. The number of dihydropyridines is 1. The van der Waals surface area contributed by atoms with Crippen molar-refractivity contribution in [3.63, 3.8) is 0 Å². The lowest BCUT2D eigenvalue weighted by Crippen LogP contribution is -2.38. The van der Waals surface area contributed by atoms with E-state index in [9.17, 15) is 9.59 Å². The van der Waals surface area contributed by atoms with Crippen LogP contribution in [0.3, 0.4) is 0 Å². The van der Waals surface area contributed by atoms with Crippen molar-refractivity contribution >= 4 is 11.8 Å². The molecule has 0 saturated heterocycles. The summed E-state index contributed by atoms with van der Waals surface area (Å²) in [5.41, 5.74) is 3.86. The molecule has 0 aromatic heterocycles. The molecule has 132 valence electrons. The van der Waals surface area contributed by atoms with Gasteiger partial charge in [-0.15, -0.1) is 0 Å². The maximum absolute atomic E-state index is 13.0. The first-order chi connectivity index (χ1) is 11.8. The van der Waals surface area contributed by atoms with Gasteiger partial charge in [0.1, 0.15) is 0 Å². The Labute approximate surface area is 149 Å². The summed E-state index contributed by atoms with van der Waals surface area (Å²) in [6, 6.07) is 9.76. The maximum atomic E-state index is 13.0. The minimum absolute atomic E-state index is 0.0775. The van der Waals surface area contributed by atoms with Crippen LogP contribution in [-0.2, 0) is 14.3 Å². The van der Waals surface area contributed by atoms with Crippen molar-refractivity contribution in [1.29, 1.82) is 0 Å². The van der Waals surface area contributed by atoms with Gasteiger partial charge in [-0.05, 0) is 31.2 Å². The highest BCUT2D eigenvalue weighted by atomic mass is 16.5. The maximum Gasteiger partial charge on any atom is 0.336 e. The second-order valence-corrected chi connectivity index (χ2v) is 7.56. The van der Waals surface area contributed by atoms with Gasteiger partial charge in [0, 0.05) is 29.3 Å². The fourth-order valence-electron chi connectivity index (χ4n) is 3.89. The van der Waals surface area contributed by atoms with E-state index < -0.39 is 0 Å². The Morgan fingerprint density at radius 1 is 1.24 bits per heavy atom. The predicted molar refractivity (Wildman–Crippen MR) is 96.7 cm³/mol. The molecule has 0 saturated carbocycles. The Hall–Kier alpha value is -2.36. The van der Waals surface area contributed by atoms with Crippen LogP contribution in [0.2, 0.25) is 0 Å². The molecule has 3 rings (SSSR count). The molecule has 1 aliphatic carbocycles. The van der Waals surface area contributed by atoms with E-state index in [1.165, 1.54) is 0 Å². The van der Waals surface area contributed by atoms with Gasteiger partial charge in [0.25, 0.3) is 0 Å². The van der Waals surface area contributed by atoms with E-state index in [1.807, 2.05) is 37.3 Å². The van der Waals surface area contributed by atoms with E-state index >= 15 is 0 Å². The first-order valence-corrected chi connectivity index (χ1v) is 8.80. The number of carbonyl (C=O) groups excluding carboxylic acids is 2. The van der Waals surface area contributed by atoms with Crippen LogP contribution in [0.25, 0.3) is 0 Å². The number of ketones is 1. The zero-order valence-electron chi connectivity index (χ0n) is 15.3. The van der Waals surface area contributed by atoms with E-state index in [0.29, 0.717) is 18.6 Å². The number of allylic oxidation sites excluding steroid dienone is 3. The van der Waals surface area contributed by atoms with Crippen LogP contribution >= 0.6 is 0 Å². The monoisotopic (exact) mass is 339 g/mol. The Morgan fingerprint density at radius 3 is 2.56 bits per heavy atom. The summed E-state index contributed by atoms with van der Waals surface area (Å²) in [6.45, 7) is 8.20. The highest BCUT2D eigenvalue weighted by Crippen LogP contribution is 2.46. The van der Waals surface area contributed by atoms with Gasteiger partial charge in [-0.2, -0.15) is 0 Å². The zero-order valence-corrected chi connectivity index (χ0v) is 15.3. The number of Topliss-reactive ketones (excluding diaryl/α,β-unsaturated/α-hetero) is 1. The van der Waals surface area contributed by atoms with Crippen molar-refractivity contribution in [3.05, 3.63) is 58.4 Å². The van der Waals surface area contributed by atoms with Crippen molar-refractivity contribution in [1.82, 2.24) is 5.32 Å². The molecule has 0 radical (unpaired) electrons. The molecule has 0 fully saturated rings. The SMILES string of the molecule is CCOC(=O)C1=C(C)NC2=C(C(=O)CC(C)(C)C2)[C@H]1c1ccccc1. The second kappa shape index (κ2) is 6.51. The molecule has 4 nitrogen and oxygen atoms in total. The minimum Gasteiger partial charge on any atom is -0.463 e. The highest BCUT2D eigenvalue weighted by Gasteiger charge is 2.42. The summed E-state index contributed by atoms with van der Waals surface area (Å²) in [5, 5.41) is 3.33. The first kappa shape index (κ1) is 17.5. The molecule has 1 heterocycles. The lowest BCUT2D eigenvalue weighted by Gasteiger charge is -2.39. The molecule has 0 bridgehead atoms. The summed E-state index contributed by atoms with van der Waals surface area (Å²) in [4.78, 5) is 25.6. The molecule has 25 heavy (non-hydrogen) atoms. The van der Waals surface area contributed by atoms with Gasteiger partial charge in [-0.3, -0.25) is 4.79 Å². The van der Waals surface area contributed by atoms with Crippen LogP contribution in [0.5, 0.6) is 0 Å². The molecule has 1 atom stereocenters. The third-order valence-corrected chi connectivity index (χ3v) is 4.87. The standard InChI is InChI=1S/C21H25NO3/c1-5-25-20(24)17-13(2)22-15-11-21(3,4)12-16(23)19(15)18(17)14-9-7-6-8-10-14/h6-10,18,22H,5,11-12H2,1-4H3/t18-/m0/s1. The van der Waals surface area contributed by atoms with E-state index in [-0.39, 0.29) is 23.1 Å². The van der Waals surface area contributed by atoms with Crippen LogP contribution in [0.15, 0.2) is 52.9 Å². The zero-order chi connectivity index (χ0) is 18.2. The first-order valence-electron chi connectivity index (χ1n) is 8.80. The Kier molecular flexibility index (Phi) is 4.55. The van der Waals surface area contributed by atoms with Crippen molar-refractivity contribution in [2.75, 3.05) is 6.61 Å². The van der Waals surface area contributed by atoms with Crippen molar-refractivity contribution in [2.24, 2.45) is 5.41 Å². The quantitative estimate of drug-likeness (QED) is 0.850. The van der Waals surface area contributed by atoms with Gasteiger partial charge in [0.05, 0.1) is 12.2 Å². The normalized spacial score (nSPS) is 22.4. The molecule has 1 N–H and O–H groups in total. The molecule has 1 aromatic carbocycles. The smallest absolute Gasteiger partial charge is 0.336 e. The Bertz CT molecular complexity index is 772. The number of rotatable bonds is 3. The molecule has 1 aromatic rings. The van der Waals surface area contributed by atoms with Gasteiger partial charge >= 0.3 is 5.97 Å². The Balaban J connectivity index is 2.16. The van der Waals surface area contributed by atoms with Gasteiger partial charge in [-0.1, -0.05) is 44.2 Å². The predicted octanol–water partition coefficient (Wildman–Crippen LogP) is 3.85. The number of carbonyl (C=O) groups is 2. The molecular weight excluding hydrogens is 314 g/mol. The highest BCUT2D eigenvalue weighted by molar-refractivity contribution is 6.04. The van der Waals surface area contributed by atoms with Gasteiger partial charge in [0.2, 0.25) is 0 Å². The van der Waals surface area contributed by atoms with Gasteiger partial charge in [-0.25, -0.2) is 4.79 Å². The van der Waals surface area contributed by atoms with Crippen LogP contribution in [0.1, 0.15) is 52.0 Å². The fourth-order valence-corrected chi connectivity index (χ4v) is 3.89. The van der Waals surface area contributed by atoms with E-state index in [4.69, 9.17) is 4.74 Å². The summed E-state index contributed by atoms with van der Waals surface area (Å²) in [6.07, 6.45) is 1.29. The second-order valence-electron chi connectivity index (χ2n) is 7.56. The summed E-state index contributed by atoms with van der Waals surface area (Å²) in [5.74, 6) is -0.604. The lowest BCUT2D eigenvalue weighted by molar-refractivity contribution is -0.138. The minimum atomic E-state index is -0.361. The molecular formula is C21H25NO3. The third kappa shape index (κ3) is 3.26. The number of nitrogens with one attached hydrogen (secondary N) is 1. The molecule has 0 amide bonds. The molecule has 4 heteroatoms. The van der Waals surface area contributed by atoms with Crippen molar-refractivity contribution in [2.45, 2.75) is 46.5 Å². The molecule has 0 spiro atoms. The van der Waals surface area contributed by atoms with Crippen LogP contribution in [0.4, 0.5) is 0 Å². The number of hydrogen-bond acceptors (Lipinski definition) is 4. The third-order valence-electron chi connectivity index (χ3n) is 4.87. The van der Waals surface area contributed by atoms with Crippen molar-refractivity contribution < 1.29 is 14.3 Å². The van der Waals surface area contributed by atoms with Crippen LogP contribution in [-0.4, -0.2) is 18.4 Å². The summed E-state index contributed by atoms with van der Waals surface area (Å²) >= 11 is 0. The summed E-state index contributed by atoms with van der Waals surface area (Å²) in [7, 11) is 0. The van der Waals surface area contributed by atoms with E-state index in [1.54, 1.807) is 6.92 Å². The van der Waals surface area contributed by atoms with Crippen molar-refractivity contribution in [3.8, 4) is 0 Å². The number of esters is 1. The fraction of sp³-hybridized carbons (Fsp3) is 0.429. The largest absolute Gasteiger partial charge is 0.463 e. The average Bonchev–Trinajstić information content (AvgIpc) is 2.53.